The van der Waals surface area contributed by atoms with E-state index >= 15 is 0 Å². The van der Waals surface area contributed by atoms with Gasteiger partial charge in [0.05, 0.1) is 5.02 Å². The van der Waals surface area contributed by atoms with Crippen molar-refractivity contribution in [3.05, 3.63) is 68.7 Å². The number of thioether (sulfide) groups is 1. The Labute approximate surface area is 182 Å². The molecule has 0 saturated carbocycles. The van der Waals surface area contributed by atoms with Crippen LogP contribution in [0.25, 0.3) is 0 Å². The lowest BCUT2D eigenvalue weighted by molar-refractivity contribution is 0.210. The first-order chi connectivity index (χ1) is 13.4. The number of benzene rings is 2. The fourth-order valence-electron chi connectivity index (χ4n) is 2.62. The van der Waals surface area contributed by atoms with Crippen LogP contribution < -0.4 is 4.74 Å². The van der Waals surface area contributed by atoms with Crippen LogP contribution in [0.2, 0.25) is 15.1 Å². The highest BCUT2D eigenvalue weighted by Crippen LogP contribution is 2.33. The van der Waals surface area contributed by atoms with Crippen molar-refractivity contribution in [2.24, 2.45) is 0 Å². The Morgan fingerprint density at radius 3 is 2.64 bits per heavy atom. The van der Waals surface area contributed by atoms with E-state index in [-0.39, 0.29) is 5.82 Å². The van der Waals surface area contributed by atoms with Gasteiger partial charge in [0.2, 0.25) is 0 Å². The van der Waals surface area contributed by atoms with Gasteiger partial charge in [0.15, 0.2) is 17.1 Å². The van der Waals surface area contributed by atoms with E-state index in [1.54, 1.807) is 30.3 Å². The zero-order chi connectivity index (χ0) is 20.3. The second kappa shape index (κ2) is 9.35. The largest absolute Gasteiger partial charge is 0.481 e. The van der Waals surface area contributed by atoms with Crippen molar-refractivity contribution in [2.75, 3.05) is 0 Å². The van der Waals surface area contributed by atoms with E-state index in [0.717, 1.165) is 0 Å². The number of hydrogen-bond donors (Lipinski definition) is 0. The van der Waals surface area contributed by atoms with Gasteiger partial charge in [-0.3, -0.25) is 0 Å². The molecule has 1 aromatic heterocycles. The summed E-state index contributed by atoms with van der Waals surface area (Å²) in [5.41, 5.74) is 0.441. The zero-order valence-corrected chi connectivity index (χ0v) is 18.2. The Morgan fingerprint density at radius 1 is 1.14 bits per heavy atom. The standard InChI is InChI=1S/C19H17Cl3FN3OS/c1-3-26-18(11(2)27-17-9-12(20)7-8-15(17)22)24-25-19(26)28-10-13-14(21)5-4-6-16(13)23/h4-9,11H,3,10H2,1-2H3. The van der Waals surface area contributed by atoms with Gasteiger partial charge in [-0.25, -0.2) is 4.39 Å². The van der Waals surface area contributed by atoms with Crippen LogP contribution in [0.15, 0.2) is 41.6 Å². The first kappa shape index (κ1) is 21.2. The molecule has 1 heterocycles. The molecule has 9 heteroatoms. The summed E-state index contributed by atoms with van der Waals surface area (Å²) in [4.78, 5) is 0. The Bertz CT molecular complexity index is 963. The summed E-state index contributed by atoms with van der Waals surface area (Å²) < 4.78 is 21.9. The van der Waals surface area contributed by atoms with E-state index in [9.17, 15) is 4.39 Å². The lowest BCUT2D eigenvalue weighted by Gasteiger charge is -2.16. The van der Waals surface area contributed by atoms with Gasteiger partial charge in [-0.15, -0.1) is 10.2 Å². The maximum Gasteiger partial charge on any atom is 0.191 e. The van der Waals surface area contributed by atoms with Crippen molar-refractivity contribution in [1.82, 2.24) is 14.8 Å². The molecular formula is C19H17Cl3FN3OS. The monoisotopic (exact) mass is 459 g/mol. The van der Waals surface area contributed by atoms with Gasteiger partial charge in [0, 0.05) is 34.0 Å². The van der Waals surface area contributed by atoms with E-state index in [1.807, 2.05) is 18.4 Å². The third-order valence-corrected chi connectivity index (χ3v) is 5.92. The summed E-state index contributed by atoms with van der Waals surface area (Å²) in [5, 5.41) is 10.5. The molecule has 0 aliphatic heterocycles. The second-order valence-corrected chi connectivity index (χ2v) is 8.10. The minimum Gasteiger partial charge on any atom is -0.481 e. The van der Waals surface area contributed by atoms with Gasteiger partial charge in [-0.2, -0.15) is 0 Å². The molecular weight excluding hydrogens is 444 g/mol. The molecule has 0 aliphatic rings. The maximum atomic E-state index is 14.0. The second-order valence-electron chi connectivity index (χ2n) is 5.91. The van der Waals surface area contributed by atoms with Gasteiger partial charge in [-0.05, 0) is 38.1 Å². The van der Waals surface area contributed by atoms with Crippen LogP contribution in [-0.2, 0) is 12.3 Å². The van der Waals surface area contributed by atoms with Gasteiger partial charge in [-0.1, -0.05) is 52.6 Å². The summed E-state index contributed by atoms with van der Waals surface area (Å²) >= 11 is 19.7. The van der Waals surface area contributed by atoms with Gasteiger partial charge in [0.25, 0.3) is 0 Å². The summed E-state index contributed by atoms with van der Waals surface area (Å²) in [6.07, 6.45) is -0.408. The van der Waals surface area contributed by atoms with Gasteiger partial charge in [0.1, 0.15) is 11.6 Å². The van der Waals surface area contributed by atoms with Gasteiger partial charge >= 0.3 is 0 Å². The predicted molar refractivity (Wildman–Crippen MR) is 112 cm³/mol. The summed E-state index contributed by atoms with van der Waals surface area (Å²) in [6.45, 7) is 4.47. The van der Waals surface area contributed by atoms with Crippen molar-refractivity contribution in [3.8, 4) is 5.75 Å². The third-order valence-electron chi connectivity index (χ3n) is 4.03. The average molecular weight is 461 g/mol. The predicted octanol–water partition coefficient (Wildman–Crippen LogP) is 6.83. The van der Waals surface area contributed by atoms with Crippen LogP contribution in [0.3, 0.4) is 0 Å². The molecule has 3 rings (SSSR count). The van der Waals surface area contributed by atoms with E-state index in [4.69, 9.17) is 39.5 Å². The van der Waals surface area contributed by atoms with Crippen LogP contribution in [0.4, 0.5) is 4.39 Å². The Morgan fingerprint density at radius 2 is 1.93 bits per heavy atom. The van der Waals surface area contributed by atoms with Crippen LogP contribution in [0, 0.1) is 5.82 Å². The molecule has 0 amide bonds. The summed E-state index contributed by atoms with van der Waals surface area (Å²) in [5.74, 6) is 1.12. The number of hydrogen-bond acceptors (Lipinski definition) is 4. The molecule has 0 aliphatic carbocycles. The van der Waals surface area contributed by atoms with Crippen molar-refractivity contribution in [2.45, 2.75) is 37.4 Å². The minimum atomic E-state index is -0.408. The average Bonchev–Trinajstić information content (AvgIpc) is 3.07. The summed E-state index contributed by atoms with van der Waals surface area (Å²) in [7, 11) is 0. The fraction of sp³-hybridized carbons (Fsp3) is 0.263. The Balaban J connectivity index is 1.78. The molecule has 0 spiro atoms. The number of halogens is 4. The van der Waals surface area contributed by atoms with Crippen molar-refractivity contribution >= 4 is 46.6 Å². The smallest absolute Gasteiger partial charge is 0.191 e. The molecule has 28 heavy (non-hydrogen) atoms. The third kappa shape index (κ3) is 4.74. The molecule has 0 bridgehead atoms. The molecule has 3 aromatic rings. The molecule has 1 atom stereocenters. The maximum absolute atomic E-state index is 14.0. The van der Waals surface area contributed by atoms with E-state index in [2.05, 4.69) is 10.2 Å². The molecule has 0 saturated heterocycles. The van der Waals surface area contributed by atoms with Crippen molar-refractivity contribution in [1.29, 1.82) is 0 Å². The van der Waals surface area contributed by atoms with Crippen molar-refractivity contribution in [3.63, 3.8) is 0 Å². The molecule has 0 radical (unpaired) electrons. The first-order valence-electron chi connectivity index (χ1n) is 8.51. The molecule has 0 N–H and O–H groups in total. The number of aromatic nitrogens is 3. The highest BCUT2D eigenvalue weighted by molar-refractivity contribution is 7.98. The molecule has 2 aromatic carbocycles. The summed E-state index contributed by atoms with van der Waals surface area (Å²) in [6, 6.07) is 9.67. The van der Waals surface area contributed by atoms with Crippen molar-refractivity contribution < 1.29 is 9.13 Å². The topological polar surface area (TPSA) is 39.9 Å². The van der Waals surface area contributed by atoms with E-state index in [0.29, 0.717) is 49.7 Å². The van der Waals surface area contributed by atoms with E-state index < -0.39 is 6.10 Å². The molecule has 1 unspecified atom stereocenters. The van der Waals surface area contributed by atoms with Crippen LogP contribution in [-0.4, -0.2) is 14.8 Å². The van der Waals surface area contributed by atoms with Crippen LogP contribution in [0.1, 0.15) is 31.3 Å². The molecule has 4 nitrogen and oxygen atoms in total. The fourth-order valence-corrected chi connectivity index (χ4v) is 4.30. The molecule has 0 fully saturated rings. The number of nitrogens with zero attached hydrogens (tertiary/aromatic N) is 3. The Hall–Kier alpha value is -1.47. The highest BCUT2D eigenvalue weighted by Gasteiger charge is 2.20. The zero-order valence-electron chi connectivity index (χ0n) is 15.1. The normalized spacial score (nSPS) is 12.2. The number of rotatable bonds is 7. The molecule has 148 valence electrons. The van der Waals surface area contributed by atoms with E-state index in [1.165, 1.54) is 17.8 Å². The first-order valence-corrected chi connectivity index (χ1v) is 10.6. The minimum absolute atomic E-state index is 0.338. The van der Waals surface area contributed by atoms with Gasteiger partial charge < -0.3 is 9.30 Å². The number of ether oxygens (including phenoxy) is 1. The highest BCUT2D eigenvalue weighted by atomic mass is 35.5. The quantitative estimate of drug-likeness (QED) is 0.362. The van der Waals surface area contributed by atoms with Crippen LogP contribution in [0.5, 0.6) is 5.75 Å². The lowest BCUT2D eigenvalue weighted by atomic mass is 10.2. The lowest BCUT2D eigenvalue weighted by Crippen LogP contribution is -2.12. The SMILES string of the molecule is CCn1c(SCc2c(F)cccc2Cl)nnc1C(C)Oc1cc(Cl)ccc1Cl. The van der Waals surface area contributed by atoms with Crippen LogP contribution >= 0.6 is 46.6 Å². The Kier molecular flexibility index (Phi) is 7.10.